The number of hydrogen-bond acceptors (Lipinski definition) is 9. The SMILES string of the molecule is CC(=O)O/C(=C(\C(C)C)N(C(=O)c1ccc(C(=O)N2CCOCC2)cc1)C(=O)[C@@H]1C[C@@H](O)CN1C(=O)[C@@H](N)C(C)C)C(F)(F)C(F)(F)F. The molecule has 1 aromatic rings. The van der Waals surface area contributed by atoms with Gasteiger partial charge in [0.25, 0.3) is 17.7 Å². The van der Waals surface area contributed by atoms with Gasteiger partial charge in [0.05, 0.1) is 31.1 Å². The summed E-state index contributed by atoms with van der Waals surface area (Å²) in [7, 11) is 0. The van der Waals surface area contributed by atoms with E-state index in [1.54, 1.807) is 13.8 Å². The lowest BCUT2D eigenvalue weighted by molar-refractivity contribution is -0.276. The van der Waals surface area contributed by atoms with Gasteiger partial charge < -0.3 is 30.1 Å². The van der Waals surface area contributed by atoms with Gasteiger partial charge in [0.1, 0.15) is 6.04 Å². The maximum Gasteiger partial charge on any atom is 0.461 e. The van der Waals surface area contributed by atoms with Gasteiger partial charge in [-0.05, 0) is 36.1 Å². The van der Waals surface area contributed by atoms with Crippen LogP contribution in [0.3, 0.4) is 0 Å². The summed E-state index contributed by atoms with van der Waals surface area (Å²) in [5, 5.41) is 10.4. The number of nitrogens with two attached hydrogens (primary N) is 1. The van der Waals surface area contributed by atoms with Crippen molar-refractivity contribution < 1.29 is 60.5 Å². The van der Waals surface area contributed by atoms with E-state index in [2.05, 4.69) is 4.74 Å². The Morgan fingerprint density at radius 1 is 0.979 bits per heavy atom. The summed E-state index contributed by atoms with van der Waals surface area (Å²) in [6.45, 7) is 6.66. The lowest BCUT2D eigenvalue weighted by Gasteiger charge is -2.35. The number of alkyl halides is 5. The number of esters is 1. The number of hydrogen-bond donors (Lipinski definition) is 2. The molecule has 0 spiro atoms. The number of carbonyl (C=O) groups is 5. The van der Waals surface area contributed by atoms with Crippen molar-refractivity contribution >= 4 is 29.6 Å². The molecule has 0 aliphatic carbocycles. The van der Waals surface area contributed by atoms with E-state index in [1.807, 2.05) is 0 Å². The molecule has 0 aromatic heterocycles. The Labute approximate surface area is 273 Å². The van der Waals surface area contributed by atoms with Crippen molar-refractivity contribution in [2.45, 2.75) is 71.3 Å². The third kappa shape index (κ3) is 8.18. The first-order valence-electron chi connectivity index (χ1n) is 15.2. The topological polar surface area (TPSA) is 160 Å². The molecule has 2 aliphatic heterocycles. The van der Waals surface area contributed by atoms with Crippen molar-refractivity contribution in [3.8, 4) is 0 Å². The summed E-state index contributed by atoms with van der Waals surface area (Å²) in [5.41, 5.74) is 4.36. The number of rotatable bonds is 9. The second-order valence-electron chi connectivity index (χ2n) is 12.2. The number of aliphatic hydroxyl groups is 1. The highest BCUT2D eigenvalue weighted by Crippen LogP contribution is 2.45. The minimum atomic E-state index is -6.34. The molecule has 266 valence electrons. The van der Waals surface area contributed by atoms with Crippen molar-refractivity contribution in [2.24, 2.45) is 17.6 Å². The van der Waals surface area contributed by atoms with Crippen LogP contribution in [-0.2, 0) is 23.9 Å². The van der Waals surface area contributed by atoms with Crippen LogP contribution in [0.1, 0.15) is 61.8 Å². The van der Waals surface area contributed by atoms with Crippen LogP contribution in [0.5, 0.6) is 0 Å². The fourth-order valence-electron chi connectivity index (χ4n) is 5.25. The van der Waals surface area contributed by atoms with E-state index in [9.17, 15) is 42.3 Å². The average molecular weight is 691 g/mol. The van der Waals surface area contributed by atoms with Crippen LogP contribution in [0.25, 0.3) is 0 Å². The van der Waals surface area contributed by atoms with E-state index in [1.165, 1.54) is 17.0 Å². The molecule has 48 heavy (non-hydrogen) atoms. The molecule has 0 unspecified atom stereocenters. The Balaban J connectivity index is 2.24. The molecule has 2 aliphatic rings. The molecule has 3 rings (SSSR count). The zero-order chi connectivity index (χ0) is 36.3. The molecular weight excluding hydrogens is 651 g/mol. The van der Waals surface area contributed by atoms with Crippen LogP contribution < -0.4 is 5.73 Å². The number of ether oxygens (including phenoxy) is 2. The molecule has 2 saturated heterocycles. The van der Waals surface area contributed by atoms with Gasteiger partial charge >= 0.3 is 18.1 Å². The average Bonchev–Trinajstić information content (AvgIpc) is 3.42. The number of imide groups is 1. The molecule has 0 saturated carbocycles. The number of nitrogens with zero attached hydrogens (tertiary/aromatic N) is 3. The van der Waals surface area contributed by atoms with Gasteiger partial charge in [-0.25, -0.2) is 4.90 Å². The van der Waals surface area contributed by atoms with Gasteiger partial charge in [0.2, 0.25) is 11.7 Å². The maximum absolute atomic E-state index is 15.1. The number of allylic oxidation sites excluding steroid dienone is 2. The van der Waals surface area contributed by atoms with Crippen molar-refractivity contribution in [3.63, 3.8) is 0 Å². The van der Waals surface area contributed by atoms with E-state index >= 15 is 8.78 Å². The second kappa shape index (κ2) is 15.1. The molecule has 0 bridgehead atoms. The Morgan fingerprint density at radius 3 is 2.00 bits per heavy atom. The second-order valence-corrected chi connectivity index (χ2v) is 12.2. The highest BCUT2D eigenvalue weighted by Gasteiger charge is 2.64. The molecule has 2 heterocycles. The number of likely N-dealkylation sites (tertiary alicyclic amines) is 1. The first-order chi connectivity index (χ1) is 22.2. The van der Waals surface area contributed by atoms with E-state index in [0.29, 0.717) is 33.2 Å². The molecule has 4 amide bonds. The zero-order valence-electron chi connectivity index (χ0n) is 27.1. The van der Waals surface area contributed by atoms with Gasteiger partial charge in [-0.1, -0.05) is 27.7 Å². The highest BCUT2D eigenvalue weighted by molar-refractivity contribution is 6.09. The summed E-state index contributed by atoms with van der Waals surface area (Å²) in [6, 6.07) is 1.62. The standard InChI is InChI=1S/C31H39F5N4O8/c1-16(2)23(37)29(46)39-15-21(42)14-22(39)28(45)40(24(17(3)4)25(48-18(5)41)30(32,33)31(34,35)36)27(44)20-8-6-19(7-9-20)26(43)38-10-12-47-13-11-38/h6-9,16-17,21-23,42H,10-15,37H2,1-5H3/b25-24+/t21-,22+,23+/m1/s1. The zero-order valence-corrected chi connectivity index (χ0v) is 27.1. The van der Waals surface area contributed by atoms with Gasteiger partial charge in [0, 0.05) is 44.1 Å². The number of halogens is 5. The Kier molecular flexibility index (Phi) is 12.1. The minimum Gasteiger partial charge on any atom is -0.422 e. The number of amides is 4. The molecule has 3 atom stereocenters. The number of benzene rings is 1. The number of morpholine rings is 1. The van der Waals surface area contributed by atoms with Crippen LogP contribution in [0.4, 0.5) is 22.0 Å². The first kappa shape index (κ1) is 38.5. The quantitative estimate of drug-likeness (QED) is 0.172. The molecule has 0 radical (unpaired) electrons. The molecule has 3 N–H and O–H groups in total. The molecule has 1 aromatic carbocycles. The maximum atomic E-state index is 15.1. The van der Waals surface area contributed by atoms with Crippen LogP contribution in [0, 0.1) is 11.8 Å². The van der Waals surface area contributed by atoms with E-state index in [-0.39, 0.29) is 10.5 Å². The van der Waals surface area contributed by atoms with Gasteiger partial charge in [-0.15, -0.1) is 0 Å². The normalized spacial score (nSPS) is 20.0. The van der Waals surface area contributed by atoms with Gasteiger partial charge in [-0.2, -0.15) is 22.0 Å². The fourth-order valence-corrected chi connectivity index (χ4v) is 5.25. The third-order valence-corrected chi connectivity index (χ3v) is 7.86. The van der Waals surface area contributed by atoms with Crippen molar-refractivity contribution in [2.75, 3.05) is 32.8 Å². The van der Waals surface area contributed by atoms with Crippen LogP contribution >= 0.6 is 0 Å². The Hall–Kier alpha value is -3.96. The molecule has 2 fully saturated rings. The van der Waals surface area contributed by atoms with E-state index in [4.69, 9.17) is 10.5 Å². The van der Waals surface area contributed by atoms with Crippen LogP contribution in [0.2, 0.25) is 0 Å². The molecular formula is C31H39F5N4O8. The number of aliphatic hydroxyl groups excluding tert-OH is 1. The monoisotopic (exact) mass is 690 g/mol. The van der Waals surface area contributed by atoms with Gasteiger partial charge in [0.15, 0.2) is 0 Å². The largest absolute Gasteiger partial charge is 0.461 e. The smallest absolute Gasteiger partial charge is 0.422 e. The summed E-state index contributed by atoms with van der Waals surface area (Å²) in [6.07, 6.45) is -8.20. The van der Waals surface area contributed by atoms with Gasteiger partial charge in [-0.3, -0.25) is 24.0 Å². The lowest BCUT2D eigenvalue weighted by Crippen LogP contribution is -2.55. The summed E-state index contributed by atoms with van der Waals surface area (Å²) >= 11 is 0. The summed E-state index contributed by atoms with van der Waals surface area (Å²) in [5.74, 6) is -15.9. The van der Waals surface area contributed by atoms with Crippen molar-refractivity contribution in [1.82, 2.24) is 14.7 Å². The fraction of sp³-hybridized carbons (Fsp3) is 0.581. The summed E-state index contributed by atoms with van der Waals surface area (Å²) < 4.78 is 81.3. The van der Waals surface area contributed by atoms with Crippen molar-refractivity contribution in [1.29, 1.82) is 0 Å². The molecule has 17 heteroatoms. The predicted octanol–water partition coefficient (Wildman–Crippen LogP) is 2.70. The van der Waals surface area contributed by atoms with Crippen molar-refractivity contribution in [3.05, 3.63) is 46.8 Å². The van der Waals surface area contributed by atoms with Crippen LogP contribution in [0.15, 0.2) is 35.7 Å². The Morgan fingerprint density at radius 2 is 1.52 bits per heavy atom. The highest BCUT2D eigenvalue weighted by atomic mass is 19.4. The third-order valence-electron chi connectivity index (χ3n) is 7.86. The minimum absolute atomic E-state index is 0.0191. The molecule has 12 nitrogen and oxygen atoms in total. The number of carbonyl (C=O) groups excluding carboxylic acids is 5. The van der Waals surface area contributed by atoms with E-state index < -0.39 is 102 Å². The Bertz CT molecular complexity index is 1420. The summed E-state index contributed by atoms with van der Waals surface area (Å²) in [4.78, 5) is 68.9. The lowest BCUT2D eigenvalue weighted by atomic mass is 10.00. The predicted molar refractivity (Wildman–Crippen MR) is 158 cm³/mol. The first-order valence-corrected chi connectivity index (χ1v) is 15.2. The number of β-amino-alcohol motifs (C(OH)–C–C–N with tert-alkyl or cyclic N) is 1. The van der Waals surface area contributed by atoms with E-state index in [0.717, 1.165) is 30.9 Å². The van der Waals surface area contributed by atoms with Crippen LogP contribution in [-0.4, -0.2) is 113 Å².